The van der Waals surface area contributed by atoms with E-state index >= 15 is 0 Å². The van der Waals surface area contributed by atoms with Gasteiger partial charge >= 0.3 is 0 Å². The van der Waals surface area contributed by atoms with Crippen LogP contribution >= 0.6 is 11.6 Å². The number of phenolic OH excluding ortho intramolecular Hbond substituents is 1. The van der Waals surface area contributed by atoms with Crippen LogP contribution < -0.4 is 14.9 Å². The number of nitrogens with zero attached hydrogens (tertiary/aromatic N) is 2. The van der Waals surface area contributed by atoms with Crippen LogP contribution in [0.3, 0.4) is 0 Å². The molecule has 150 valence electrons. The van der Waals surface area contributed by atoms with Crippen molar-refractivity contribution in [1.82, 2.24) is 9.99 Å². The number of benzene rings is 2. The number of methoxy groups -OCH3 is 2. The number of halogens is 1. The maximum absolute atomic E-state index is 12.5. The molecule has 0 atom stereocenters. The van der Waals surface area contributed by atoms with Crippen molar-refractivity contribution in [3.8, 4) is 28.4 Å². The van der Waals surface area contributed by atoms with Crippen molar-refractivity contribution in [2.24, 2.45) is 12.1 Å². The average molecular weight is 414 g/mol. The smallest absolute Gasteiger partial charge is 0.287 e. The maximum Gasteiger partial charge on any atom is 0.287 e. The van der Waals surface area contributed by atoms with Gasteiger partial charge in [-0.1, -0.05) is 11.6 Å². The number of aromatic hydroxyl groups is 1. The van der Waals surface area contributed by atoms with Crippen molar-refractivity contribution in [2.45, 2.75) is 0 Å². The molecule has 7 nitrogen and oxygen atoms in total. The Kier molecular flexibility index (Phi) is 6.09. The van der Waals surface area contributed by atoms with Crippen LogP contribution in [-0.2, 0) is 7.05 Å². The quantitative estimate of drug-likeness (QED) is 0.475. The number of rotatable bonds is 6. The molecule has 1 aromatic heterocycles. The molecule has 0 fully saturated rings. The number of aryl methyl sites for hydroxylation is 1. The summed E-state index contributed by atoms with van der Waals surface area (Å²) >= 11 is 6.02. The molecule has 1 heterocycles. The minimum Gasteiger partial charge on any atom is -0.504 e. The number of ether oxygens (including phenoxy) is 2. The highest BCUT2D eigenvalue weighted by Crippen LogP contribution is 2.33. The van der Waals surface area contributed by atoms with Gasteiger partial charge in [0.15, 0.2) is 11.5 Å². The van der Waals surface area contributed by atoms with Gasteiger partial charge in [-0.25, -0.2) is 5.43 Å². The van der Waals surface area contributed by atoms with E-state index in [1.807, 2.05) is 12.3 Å². The molecule has 3 aromatic rings. The molecule has 1 amide bonds. The number of carbonyl (C=O) groups excluding carboxylic acids is 1. The summed E-state index contributed by atoms with van der Waals surface area (Å²) in [5.41, 5.74) is 5.16. The molecule has 2 aromatic carbocycles. The van der Waals surface area contributed by atoms with E-state index in [0.29, 0.717) is 27.8 Å². The van der Waals surface area contributed by atoms with Gasteiger partial charge in [-0.05, 0) is 48.0 Å². The molecule has 0 aliphatic rings. The van der Waals surface area contributed by atoms with Crippen LogP contribution in [0, 0.1) is 0 Å². The van der Waals surface area contributed by atoms with Crippen LogP contribution in [0.25, 0.3) is 11.1 Å². The SMILES string of the molecule is COc1ccc(/C=N/NC(=O)c2cc(-c3ccc(Cl)cc3OC)cn2C)cc1O. The fourth-order valence-electron chi connectivity index (χ4n) is 2.85. The highest BCUT2D eigenvalue weighted by molar-refractivity contribution is 6.30. The largest absolute Gasteiger partial charge is 0.504 e. The standard InChI is InChI=1S/C21H20ClN3O4/c1-25-12-14(16-6-5-15(22)10-20(16)29-3)9-17(25)21(27)24-23-11-13-4-7-19(28-2)18(26)8-13/h4-12,26H,1-3H3,(H,24,27)/b23-11+. The highest BCUT2D eigenvalue weighted by Gasteiger charge is 2.15. The molecule has 29 heavy (non-hydrogen) atoms. The van der Waals surface area contributed by atoms with Gasteiger partial charge in [-0.15, -0.1) is 0 Å². The Bertz CT molecular complexity index is 1080. The zero-order valence-corrected chi connectivity index (χ0v) is 16.9. The van der Waals surface area contributed by atoms with Crippen molar-refractivity contribution in [1.29, 1.82) is 0 Å². The Balaban J connectivity index is 1.76. The second kappa shape index (κ2) is 8.70. The molecule has 8 heteroatoms. The summed E-state index contributed by atoms with van der Waals surface area (Å²) in [6.07, 6.45) is 3.26. The minimum atomic E-state index is -0.374. The Hall–Kier alpha value is -3.45. The first-order chi connectivity index (χ1) is 13.9. The van der Waals surface area contributed by atoms with Gasteiger partial charge in [0.1, 0.15) is 11.4 Å². The molecule has 0 unspecified atom stereocenters. The normalized spacial score (nSPS) is 10.9. The summed E-state index contributed by atoms with van der Waals surface area (Å²) in [7, 11) is 4.81. The molecule has 2 N–H and O–H groups in total. The van der Waals surface area contributed by atoms with Crippen LogP contribution in [0.15, 0.2) is 53.8 Å². The summed E-state index contributed by atoms with van der Waals surface area (Å²) in [5.74, 6) is 0.597. The van der Waals surface area contributed by atoms with Crippen LogP contribution in [-0.4, -0.2) is 36.0 Å². The molecule has 3 rings (SSSR count). The molecule has 0 aliphatic carbocycles. The van der Waals surface area contributed by atoms with Crippen molar-refractivity contribution in [2.75, 3.05) is 14.2 Å². The molecule has 0 spiro atoms. The molecule has 0 saturated carbocycles. The Morgan fingerprint density at radius 2 is 1.90 bits per heavy atom. The molecular weight excluding hydrogens is 394 g/mol. The van der Waals surface area contributed by atoms with Crippen LogP contribution in [0.1, 0.15) is 16.1 Å². The number of amides is 1. The lowest BCUT2D eigenvalue weighted by atomic mass is 10.1. The lowest BCUT2D eigenvalue weighted by Crippen LogP contribution is -2.20. The Morgan fingerprint density at radius 1 is 1.14 bits per heavy atom. The number of hydrogen-bond acceptors (Lipinski definition) is 5. The number of carbonyl (C=O) groups is 1. The van der Waals surface area contributed by atoms with Gasteiger partial charge in [-0.3, -0.25) is 4.79 Å². The fraction of sp³-hybridized carbons (Fsp3) is 0.143. The molecule has 0 saturated heterocycles. The predicted molar refractivity (Wildman–Crippen MR) is 112 cm³/mol. The minimum absolute atomic E-state index is 0.00763. The van der Waals surface area contributed by atoms with E-state index in [1.165, 1.54) is 19.4 Å². The second-order valence-electron chi connectivity index (χ2n) is 6.20. The van der Waals surface area contributed by atoms with Gasteiger partial charge in [0.05, 0.1) is 20.4 Å². The van der Waals surface area contributed by atoms with E-state index in [2.05, 4.69) is 10.5 Å². The first-order valence-corrected chi connectivity index (χ1v) is 9.01. The van der Waals surface area contributed by atoms with E-state index in [-0.39, 0.29) is 11.7 Å². The number of aromatic nitrogens is 1. The third-order valence-electron chi connectivity index (χ3n) is 4.29. The average Bonchev–Trinajstić information content (AvgIpc) is 3.09. The zero-order chi connectivity index (χ0) is 21.0. The molecule has 0 radical (unpaired) electrons. The van der Waals surface area contributed by atoms with E-state index in [0.717, 1.165) is 11.1 Å². The summed E-state index contributed by atoms with van der Waals surface area (Å²) in [5, 5.41) is 14.3. The van der Waals surface area contributed by atoms with E-state index in [4.69, 9.17) is 21.1 Å². The van der Waals surface area contributed by atoms with E-state index < -0.39 is 0 Å². The number of nitrogens with one attached hydrogen (secondary N) is 1. The Morgan fingerprint density at radius 3 is 2.59 bits per heavy atom. The summed E-state index contributed by atoms with van der Waals surface area (Å²) in [4.78, 5) is 12.5. The topological polar surface area (TPSA) is 85.1 Å². The molecule has 0 bridgehead atoms. The molecular formula is C21H20ClN3O4. The predicted octanol–water partition coefficient (Wildman–Crippen LogP) is 3.83. The third kappa shape index (κ3) is 4.52. The van der Waals surface area contributed by atoms with E-state index in [1.54, 1.807) is 49.1 Å². The lowest BCUT2D eigenvalue weighted by molar-refractivity contribution is 0.0947. The summed E-state index contributed by atoms with van der Waals surface area (Å²) in [6, 6.07) is 11.9. The third-order valence-corrected chi connectivity index (χ3v) is 4.53. The zero-order valence-electron chi connectivity index (χ0n) is 16.1. The highest BCUT2D eigenvalue weighted by atomic mass is 35.5. The summed E-state index contributed by atoms with van der Waals surface area (Å²) < 4.78 is 12.1. The van der Waals surface area contributed by atoms with Crippen molar-refractivity contribution < 1.29 is 19.4 Å². The van der Waals surface area contributed by atoms with Crippen molar-refractivity contribution in [3.63, 3.8) is 0 Å². The number of hydrazone groups is 1. The first-order valence-electron chi connectivity index (χ1n) is 8.63. The number of phenols is 1. The van der Waals surface area contributed by atoms with Crippen LogP contribution in [0.5, 0.6) is 17.2 Å². The van der Waals surface area contributed by atoms with E-state index in [9.17, 15) is 9.90 Å². The Labute approximate surface area is 173 Å². The number of hydrogen-bond donors (Lipinski definition) is 2. The van der Waals surface area contributed by atoms with Gasteiger partial charge in [0.2, 0.25) is 0 Å². The maximum atomic E-state index is 12.5. The van der Waals surface area contributed by atoms with Gasteiger partial charge in [0.25, 0.3) is 5.91 Å². The van der Waals surface area contributed by atoms with Gasteiger partial charge in [-0.2, -0.15) is 5.10 Å². The molecule has 0 aliphatic heterocycles. The monoisotopic (exact) mass is 413 g/mol. The van der Waals surface area contributed by atoms with Crippen LogP contribution in [0.2, 0.25) is 5.02 Å². The van der Waals surface area contributed by atoms with Gasteiger partial charge in [0, 0.05) is 29.4 Å². The fourth-order valence-corrected chi connectivity index (χ4v) is 3.01. The second-order valence-corrected chi connectivity index (χ2v) is 6.64. The lowest BCUT2D eigenvalue weighted by Gasteiger charge is -2.06. The summed E-state index contributed by atoms with van der Waals surface area (Å²) in [6.45, 7) is 0. The van der Waals surface area contributed by atoms with Crippen LogP contribution in [0.4, 0.5) is 0 Å². The first kappa shape index (κ1) is 20.3. The van der Waals surface area contributed by atoms with Crippen molar-refractivity contribution >= 4 is 23.7 Å². The van der Waals surface area contributed by atoms with Crippen molar-refractivity contribution in [3.05, 3.63) is 64.9 Å². The van der Waals surface area contributed by atoms with Gasteiger partial charge < -0.3 is 19.1 Å².